The zero-order chi connectivity index (χ0) is 14.6. The van der Waals surface area contributed by atoms with Crippen molar-refractivity contribution in [3.05, 3.63) is 0 Å². The van der Waals surface area contributed by atoms with Crippen molar-refractivity contribution in [1.29, 1.82) is 0 Å². The summed E-state index contributed by atoms with van der Waals surface area (Å²) in [6, 6.07) is 0. The molecule has 0 aromatic carbocycles. The van der Waals surface area contributed by atoms with Gasteiger partial charge in [0.05, 0.1) is 6.61 Å². The van der Waals surface area contributed by atoms with E-state index in [9.17, 15) is 31.1 Å². The molecule has 108 valence electrons. The first-order chi connectivity index (χ1) is 7.98. The van der Waals surface area contributed by atoms with Crippen LogP contribution in [0.5, 0.6) is 0 Å². The van der Waals surface area contributed by atoms with Gasteiger partial charge in [-0.15, -0.1) is 0 Å². The van der Waals surface area contributed by atoms with Gasteiger partial charge in [-0.25, -0.2) is 0 Å². The fraction of sp³-hybridized carbons (Fsp3) is 0.875. The first kappa shape index (κ1) is 17.0. The van der Waals surface area contributed by atoms with Gasteiger partial charge in [-0.2, -0.15) is 26.3 Å². The van der Waals surface area contributed by atoms with Gasteiger partial charge in [-0.3, -0.25) is 10.1 Å². The largest absolute Gasteiger partial charge is 0.434 e. The smallest absolute Gasteiger partial charge is 0.383 e. The van der Waals surface area contributed by atoms with Crippen LogP contribution in [0, 0.1) is 0 Å². The van der Waals surface area contributed by atoms with Crippen molar-refractivity contribution in [3.8, 4) is 0 Å². The van der Waals surface area contributed by atoms with E-state index in [4.69, 9.17) is 0 Å². The number of halogens is 6. The quantitative estimate of drug-likeness (QED) is 0.452. The minimum atomic E-state index is -5.75. The highest BCUT2D eigenvalue weighted by Gasteiger charge is 2.71. The van der Waals surface area contributed by atoms with E-state index >= 15 is 0 Å². The highest BCUT2D eigenvalue weighted by molar-refractivity contribution is 5.74. The van der Waals surface area contributed by atoms with Gasteiger partial charge in [-0.1, -0.05) is 0 Å². The van der Waals surface area contributed by atoms with E-state index in [2.05, 4.69) is 4.74 Å². The van der Waals surface area contributed by atoms with Crippen molar-refractivity contribution in [1.82, 2.24) is 10.6 Å². The predicted octanol–water partition coefficient (Wildman–Crippen LogP) is 1.18. The summed E-state index contributed by atoms with van der Waals surface area (Å²) in [7, 11) is 1.11. The van der Waals surface area contributed by atoms with Crippen molar-refractivity contribution >= 4 is 5.91 Å². The van der Waals surface area contributed by atoms with Gasteiger partial charge in [0.2, 0.25) is 5.91 Å². The second kappa shape index (κ2) is 5.74. The van der Waals surface area contributed by atoms with Crippen LogP contribution in [0.1, 0.15) is 6.92 Å². The van der Waals surface area contributed by atoms with Crippen LogP contribution in [0.2, 0.25) is 0 Å². The molecule has 0 aliphatic rings. The average molecular weight is 282 g/mol. The summed E-state index contributed by atoms with van der Waals surface area (Å²) in [6.07, 6.45) is -11.5. The second-order valence-corrected chi connectivity index (χ2v) is 3.35. The van der Waals surface area contributed by atoms with E-state index < -0.39 is 30.5 Å². The van der Waals surface area contributed by atoms with E-state index in [1.54, 1.807) is 0 Å². The summed E-state index contributed by atoms with van der Waals surface area (Å²) in [5.74, 6) is -1.46. The molecule has 2 N–H and O–H groups in total. The summed E-state index contributed by atoms with van der Waals surface area (Å²) in [5.41, 5.74) is -4.48. The van der Waals surface area contributed by atoms with Crippen LogP contribution in [-0.4, -0.2) is 44.2 Å². The topological polar surface area (TPSA) is 50.4 Å². The summed E-state index contributed by atoms with van der Waals surface area (Å²) in [5, 5.41) is 2.12. The number of carbonyl (C=O) groups excluding carboxylic acids is 1. The van der Waals surface area contributed by atoms with Crippen molar-refractivity contribution in [3.63, 3.8) is 0 Å². The molecule has 0 unspecified atom stereocenters. The molecule has 0 aliphatic carbocycles. The molecular weight excluding hydrogens is 270 g/mol. The number of carbonyl (C=O) groups is 1. The van der Waals surface area contributed by atoms with E-state index in [1.165, 1.54) is 5.32 Å². The maximum absolute atomic E-state index is 12.6. The summed E-state index contributed by atoms with van der Waals surface area (Å²) < 4.78 is 80.1. The van der Waals surface area contributed by atoms with Crippen LogP contribution in [0.3, 0.4) is 0 Å². The average Bonchev–Trinajstić information content (AvgIpc) is 2.12. The molecule has 0 aromatic heterocycles. The Morgan fingerprint density at radius 1 is 1.11 bits per heavy atom. The maximum Gasteiger partial charge on any atom is 0.434 e. The highest BCUT2D eigenvalue weighted by atomic mass is 19.4. The lowest BCUT2D eigenvalue weighted by atomic mass is 10.1. The third kappa shape index (κ3) is 3.73. The number of methoxy groups -OCH3 is 1. The minimum Gasteiger partial charge on any atom is -0.383 e. The minimum absolute atomic E-state index is 0.381. The normalized spacial score (nSPS) is 13.6. The van der Waals surface area contributed by atoms with E-state index in [1.807, 2.05) is 0 Å². The zero-order valence-corrected chi connectivity index (χ0v) is 9.50. The molecule has 0 saturated carbocycles. The van der Waals surface area contributed by atoms with Crippen LogP contribution in [0.25, 0.3) is 0 Å². The first-order valence-corrected chi connectivity index (χ1v) is 4.64. The van der Waals surface area contributed by atoms with Crippen LogP contribution in [0.4, 0.5) is 26.3 Å². The molecule has 0 aromatic rings. The summed E-state index contributed by atoms with van der Waals surface area (Å²) in [6.45, 7) is -0.562. The molecule has 0 saturated heterocycles. The number of rotatable bonds is 5. The molecule has 0 fully saturated rings. The SMILES string of the molecule is COCCNC(NC(C)=O)(C(F)(F)F)C(F)(F)F. The Morgan fingerprint density at radius 3 is 1.83 bits per heavy atom. The Morgan fingerprint density at radius 2 is 1.56 bits per heavy atom. The second-order valence-electron chi connectivity index (χ2n) is 3.35. The van der Waals surface area contributed by atoms with Gasteiger partial charge in [0.1, 0.15) is 0 Å². The molecule has 1 amide bonds. The fourth-order valence-electron chi connectivity index (χ4n) is 1.15. The predicted molar refractivity (Wildman–Crippen MR) is 48.5 cm³/mol. The number of amides is 1. The molecule has 0 atom stereocenters. The highest BCUT2D eigenvalue weighted by Crippen LogP contribution is 2.41. The molecule has 0 heterocycles. The monoisotopic (exact) mass is 282 g/mol. The number of ether oxygens (including phenoxy) is 1. The van der Waals surface area contributed by atoms with Gasteiger partial charge in [0.25, 0.3) is 5.66 Å². The number of hydrogen-bond donors (Lipinski definition) is 2. The van der Waals surface area contributed by atoms with Crippen LogP contribution < -0.4 is 10.6 Å². The van der Waals surface area contributed by atoms with Crippen LogP contribution in [0.15, 0.2) is 0 Å². The van der Waals surface area contributed by atoms with Crippen molar-refractivity contribution in [2.75, 3.05) is 20.3 Å². The lowest BCUT2D eigenvalue weighted by Crippen LogP contribution is -2.75. The molecular formula is C8H12F6N2O2. The van der Waals surface area contributed by atoms with E-state index in [-0.39, 0.29) is 6.61 Å². The molecule has 0 spiro atoms. The summed E-state index contributed by atoms with van der Waals surface area (Å²) in [4.78, 5) is 10.6. The van der Waals surface area contributed by atoms with E-state index in [0.717, 1.165) is 12.4 Å². The van der Waals surface area contributed by atoms with Gasteiger partial charge in [-0.05, 0) is 0 Å². The zero-order valence-electron chi connectivity index (χ0n) is 9.50. The van der Waals surface area contributed by atoms with Gasteiger partial charge in [0, 0.05) is 20.6 Å². The third-order valence-electron chi connectivity index (χ3n) is 1.91. The van der Waals surface area contributed by atoms with Gasteiger partial charge in [0.15, 0.2) is 0 Å². The van der Waals surface area contributed by atoms with Gasteiger partial charge < -0.3 is 10.1 Å². The molecule has 4 nitrogen and oxygen atoms in total. The molecule has 0 radical (unpaired) electrons. The number of hydrogen-bond acceptors (Lipinski definition) is 3. The number of nitrogens with one attached hydrogen (secondary N) is 2. The number of alkyl halides is 6. The fourth-order valence-corrected chi connectivity index (χ4v) is 1.15. The Labute approximate surface area is 98.7 Å². The molecule has 0 bridgehead atoms. The molecule has 0 rings (SSSR count). The molecule has 10 heteroatoms. The van der Waals surface area contributed by atoms with Crippen LogP contribution >= 0.6 is 0 Å². The lowest BCUT2D eigenvalue weighted by molar-refractivity contribution is -0.316. The summed E-state index contributed by atoms with van der Waals surface area (Å²) >= 11 is 0. The Kier molecular flexibility index (Phi) is 5.41. The van der Waals surface area contributed by atoms with Crippen molar-refractivity contribution < 1.29 is 35.9 Å². The van der Waals surface area contributed by atoms with Crippen molar-refractivity contribution in [2.45, 2.75) is 24.9 Å². The third-order valence-corrected chi connectivity index (χ3v) is 1.91. The Hall–Kier alpha value is -1.03. The Bertz CT molecular complexity index is 274. The van der Waals surface area contributed by atoms with Crippen molar-refractivity contribution in [2.24, 2.45) is 0 Å². The first-order valence-electron chi connectivity index (χ1n) is 4.64. The Balaban J connectivity index is 5.35. The standard InChI is InChI=1S/C8H12F6N2O2/c1-5(17)16-6(7(9,10)11,8(12,13)14)15-3-4-18-2/h15H,3-4H2,1-2H3,(H,16,17). The molecule has 0 aliphatic heterocycles. The van der Waals surface area contributed by atoms with Gasteiger partial charge >= 0.3 is 12.4 Å². The maximum atomic E-state index is 12.6. The molecule has 18 heavy (non-hydrogen) atoms. The van der Waals surface area contributed by atoms with Crippen LogP contribution in [-0.2, 0) is 9.53 Å². The van der Waals surface area contributed by atoms with E-state index in [0.29, 0.717) is 6.92 Å². The lowest BCUT2D eigenvalue weighted by Gasteiger charge is -2.38.